The van der Waals surface area contributed by atoms with Gasteiger partial charge in [0, 0.05) is 22.2 Å². The summed E-state index contributed by atoms with van der Waals surface area (Å²) in [7, 11) is 0. The number of fused-ring (bicyclic) bond motifs is 1. The number of hydrogen-bond donors (Lipinski definition) is 0. The summed E-state index contributed by atoms with van der Waals surface area (Å²) in [4.78, 5) is 8.86. The summed E-state index contributed by atoms with van der Waals surface area (Å²) >= 11 is 5.96. The average molecular weight is 241 g/mol. The molecule has 3 rings (SSSR count). The normalized spacial score (nSPS) is 10.6. The minimum absolute atomic E-state index is 0.690. The van der Waals surface area contributed by atoms with Crippen LogP contribution in [0.15, 0.2) is 54.7 Å². The first-order valence-electron chi connectivity index (χ1n) is 5.31. The highest BCUT2D eigenvalue weighted by Gasteiger charge is 2.02. The molecule has 0 saturated carbocycles. The number of hydrogen-bond acceptors (Lipinski definition) is 2. The molecule has 0 aliphatic carbocycles. The van der Waals surface area contributed by atoms with Crippen molar-refractivity contribution >= 4 is 22.5 Å². The quantitative estimate of drug-likeness (QED) is 0.644. The van der Waals surface area contributed by atoms with Crippen LogP contribution in [0, 0.1) is 0 Å². The molecule has 0 amide bonds. The van der Waals surface area contributed by atoms with Crippen LogP contribution in [0.1, 0.15) is 0 Å². The van der Waals surface area contributed by atoms with Gasteiger partial charge in [-0.1, -0.05) is 41.9 Å². The molecule has 1 heterocycles. The summed E-state index contributed by atoms with van der Waals surface area (Å²) < 4.78 is 0. The lowest BCUT2D eigenvalue weighted by Gasteiger charge is -2.02. The van der Waals surface area contributed by atoms with Gasteiger partial charge in [-0.25, -0.2) is 9.97 Å². The van der Waals surface area contributed by atoms with Gasteiger partial charge in [-0.2, -0.15) is 0 Å². The summed E-state index contributed by atoms with van der Waals surface area (Å²) in [6.07, 6.45) is 1.82. The Kier molecular flexibility index (Phi) is 2.50. The summed E-state index contributed by atoms with van der Waals surface area (Å²) in [6, 6.07) is 15.5. The first kappa shape index (κ1) is 10.2. The molecule has 0 aliphatic heterocycles. The van der Waals surface area contributed by atoms with E-state index in [1.54, 1.807) is 0 Å². The van der Waals surface area contributed by atoms with Crippen LogP contribution in [0.4, 0.5) is 0 Å². The molecular weight excluding hydrogens is 232 g/mol. The lowest BCUT2D eigenvalue weighted by atomic mass is 10.2. The van der Waals surface area contributed by atoms with Crippen LogP contribution in [0.2, 0.25) is 5.02 Å². The van der Waals surface area contributed by atoms with Crippen molar-refractivity contribution in [2.24, 2.45) is 0 Å². The van der Waals surface area contributed by atoms with E-state index < -0.39 is 0 Å². The zero-order valence-electron chi connectivity index (χ0n) is 8.97. The molecule has 3 heteroatoms. The lowest BCUT2D eigenvalue weighted by molar-refractivity contribution is 1.23. The molecule has 0 bridgehead atoms. The first-order valence-corrected chi connectivity index (χ1v) is 5.68. The van der Waals surface area contributed by atoms with Crippen molar-refractivity contribution in [1.29, 1.82) is 0 Å². The van der Waals surface area contributed by atoms with E-state index in [9.17, 15) is 0 Å². The summed E-state index contributed by atoms with van der Waals surface area (Å²) in [6.45, 7) is 0. The third-order valence-electron chi connectivity index (χ3n) is 2.58. The minimum atomic E-state index is 0.690. The van der Waals surface area contributed by atoms with Gasteiger partial charge in [0.05, 0.1) is 5.52 Å². The van der Waals surface area contributed by atoms with Crippen LogP contribution in [0.3, 0.4) is 0 Å². The van der Waals surface area contributed by atoms with Crippen LogP contribution in [-0.2, 0) is 0 Å². The standard InChI is InChI=1S/C14H9ClN2/c15-12-7-6-11-9-16-14(17-13(11)8-12)10-4-2-1-3-5-10/h1-9H. The molecule has 1 aromatic heterocycles. The largest absolute Gasteiger partial charge is 0.236 e. The van der Waals surface area contributed by atoms with Crippen LogP contribution in [0.5, 0.6) is 0 Å². The number of benzene rings is 2. The fraction of sp³-hybridized carbons (Fsp3) is 0. The Hall–Kier alpha value is -1.93. The zero-order chi connectivity index (χ0) is 11.7. The molecule has 0 N–H and O–H groups in total. The Morgan fingerprint density at radius 3 is 2.59 bits per heavy atom. The molecule has 0 aliphatic rings. The Morgan fingerprint density at radius 1 is 0.941 bits per heavy atom. The molecular formula is C14H9ClN2. The van der Waals surface area contributed by atoms with Gasteiger partial charge < -0.3 is 0 Å². The monoisotopic (exact) mass is 240 g/mol. The smallest absolute Gasteiger partial charge is 0.159 e. The third kappa shape index (κ3) is 1.99. The van der Waals surface area contributed by atoms with E-state index in [4.69, 9.17) is 11.6 Å². The van der Waals surface area contributed by atoms with Gasteiger partial charge in [-0.05, 0) is 18.2 Å². The molecule has 0 fully saturated rings. The van der Waals surface area contributed by atoms with Crippen molar-refractivity contribution in [3.05, 3.63) is 59.8 Å². The highest BCUT2D eigenvalue weighted by molar-refractivity contribution is 6.31. The van der Waals surface area contributed by atoms with Crippen molar-refractivity contribution in [2.45, 2.75) is 0 Å². The second-order valence-corrected chi connectivity index (χ2v) is 4.20. The fourth-order valence-electron chi connectivity index (χ4n) is 1.72. The second-order valence-electron chi connectivity index (χ2n) is 3.76. The van der Waals surface area contributed by atoms with E-state index in [1.165, 1.54) is 0 Å². The Labute approximate surface area is 104 Å². The number of halogens is 1. The Balaban J connectivity index is 2.19. The number of aromatic nitrogens is 2. The molecule has 0 spiro atoms. The van der Waals surface area contributed by atoms with Crippen LogP contribution in [-0.4, -0.2) is 9.97 Å². The molecule has 82 valence electrons. The maximum atomic E-state index is 5.96. The van der Waals surface area contributed by atoms with E-state index in [1.807, 2.05) is 54.7 Å². The van der Waals surface area contributed by atoms with Crippen molar-refractivity contribution in [1.82, 2.24) is 9.97 Å². The van der Waals surface area contributed by atoms with Crippen LogP contribution >= 0.6 is 11.6 Å². The van der Waals surface area contributed by atoms with Crippen molar-refractivity contribution in [3.63, 3.8) is 0 Å². The van der Waals surface area contributed by atoms with Crippen LogP contribution in [0.25, 0.3) is 22.3 Å². The minimum Gasteiger partial charge on any atom is -0.236 e. The van der Waals surface area contributed by atoms with E-state index >= 15 is 0 Å². The van der Waals surface area contributed by atoms with E-state index in [0.717, 1.165) is 22.3 Å². The zero-order valence-corrected chi connectivity index (χ0v) is 9.72. The molecule has 0 saturated heterocycles. The van der Waals surface area contributed by atoms with Gasteiger partial charge in [0.2, 0.25) is 0 Å². The Bertz CT molecular complexity index is 665. The Morgan fingerprint density at radius 2 is 1.76 bits per heavy atom. The molecule has 3 aromatic rings. The maximum Gasteiger partial charge on any atom is 0.159 e. The van der Waals surface area contributed by atoms with Gasteiger partial charge in [0.25, 0.3) is 0 Å². The summed E-state index contributed by atoms with van der Waals surface area (Å²) in [5, 5.41) is 1.68. The van der Waals surface area contributed by atoms with Crippen LogP contribution < -0.4 is 0 Å². The van der Waals surface area contributed by atoms with Gasteiger partial charge in [-0.3, -0.25) is 0 Å². The maximum absolute atomic E-state index is 5.96. The predicted octanol–water partition coefficient (Wildman–Crippen LogP) is 3.95. The van der Waals surface area contributed by atoms with Crippen molar-refractivity contribution in [2.75, 3.05) is 0 Å². The van der Waals surface area contributed by atoms with Gasteiger partial charge >= 0.3 is 0 Å². The van der Waals surface area contributed by atoms with Gasteiger partial charge in [-0.15, -0.1) is 0 Å². The van der Waals surface area contributed by atoms with E-state index in [2.05, 4.69) is 9.97 Å². The van der Waals surface area contributed by atoms with Gasteiger partial charge in [0.1, 0.15) is 0 Å². The highest BCUT2D eigenvalue weighted by Crippen LogP contribution is 2.20. The van der Waals surface area contributed by atoms with E-state index in [-0.39, 0.29) is 0 Å². The van der Waals surface area contributed by atoms with Crippen molar-refractivity contribution < 1.29 is 0 Å². The van der Waals surface area contributed by atoms with E-state index in [0.29, 0.717) is 5.02 Å². The summed E-state index contributed by atoms with van der Waals surface area (Å²) in [5.41, 5.74) is 1.88. The van der Waals surface area contributed by atoms with Crippen molar-refractivity contribution in [3.8, 4) is 11.4 Å². The number of rotatable bonds is 1. The molecule has 17 heavy (non-hydrogen) atoms. The fourth-order valence-corrected chi connectivity index (χ4v) is 1.89. The average Bonchev–Trinajstić information content (AvgIpc) is 2.39. The SMILES string of the molecule is Clc1ccc2cnc(-c3ccccc3)nc2c1. The molecule has 0 radical (unpaired) electrons. The topological polar surface area (TPSA) is 25.8 Å². The first-order chi connectivity index (χ1) is 8.33. The van der Waals surface area contributed by atoms with Gasteiger partial charge in [0.15, 0.2) is 5.82 Å². The highest BCUT2D eigenvalue weighted by atomic mass is 35.5. The predicted molar refractivity (Wildman–Crippen MR) is 70.0 cm³/mol. The lowest BCUT2D eigenvalue weighted by Crippen LogP contribution is -1.89. The molecule has 0 atom stereocenters. The molecule has 0 unspecified atom stereocenters. The summed E-state index contributed by atoms with van der Waals surface area (Å²) in [5.74, 6) is 0.723. The third-order valence-corrected chi connectivity index (χ3v) is 2.81. The molecule has 2 aromatic carbocycles. The molecule has 2 nitrogen and oxygen atoms in total. The number of nitrogens with zero attached hydrogens (tertiary/aromatic N) is 2. The second kappa shape index (κ2) is 4.15.